The number of carbonyl (C=O) groups is 3. The minimum Gasteiger partial charge on any atom is -0.481 e. The normalized spacial score (nSPS) is 17.9. The highest BCUT2D eigenvalue weighted by molar-refractivity contribution is 5.94. The highest BCUT2D eigenvalue weighted by atomic mass is 16.4. The second kappa shape index (κ2) is 6.72. The molecule has 6 nitrogen and oxygen atoms in total. The van der Waals surface area contributed by atoms with E-state index in [1.807, 2.05) is 0 Å². The van der Waals surface area contributed by atoms with E-state index in [1.54, 1.807) is 0 Å². The van der Waals surface area contributed by atoms with E-state index in [0.717, 1.165) is 11.8 Å². The lowest BCUT2D eigenvalue weighted by atomic mass is 9.98. The van der Waals surface area contributed by atoms with E-state index in [9.17, 15) is 14.4 Å². The Morgan fingerprint density at radius 2 is 1.65 bits per heavy atom. The van der Waals surface area contributed by atoms with E-state index >= 15 is 0 Å². The van der Waals surface area contributed by atoms with Gasteiger partial charge in [0.2, 0.25) is 5.91 Å². The first-order chi connectivity index (χ1) is 9.56. The predicted octanol–water partition coefficient (Wildman–Crippen LogP) is 1.50. The molecule has 0 heterocycles. The van der Waals surface area contributed by atoms with Crippen LogP contribution in [0.2, 0.25) is 0 Å². The summed E-state index contributed by atoms with van der Waals surface area (Å²) in [6.07, 6.45) is 5.31. The number of rotatable bonds is 8. The van der Waals surface area contributed by atoms with Crippen LogP contribution in [0.4, 0.5) is 4.79 Å². The van der Waals surface area contributed by atoms with Crippen molar-refractivity contribution in [2.24, 2.45) is 17.8 Å². The van der Waals surface area contributed by atoms with Crippen LogP contribution in [-0.4, -0.2) is 29.6 Å². The fourth-order valence-electron chi connectivity index (χ4n) is 2.61. The second-order valence-corrected chi connectivity index (χ2v) is 5.84. The highest BCUT2D eigenvalue weighted by Crippen LogP contribution is 2.48. The molecule has 0 aromatic rings. The molecule has 0 spiro atoms. The van der Waals surface area contributed by atoms with Gasteiger partial charge in [-0.05, 0) is 49.9 Å². The molecular formula is C14H22N2O4. The lowest BCUT2D eigenvalue weighted by Gasteiger charge is -2.16. The van der Waals surface area contributed by atoms with E-state index in [1.165, 1.54) is 25.7 Å². The number of carboxylic acid groups (broad SMARTS) is 1. The number of nitrogens with one attached hydrogen (secondary N) is 2. The van der Waals surface area contributed by atoms with Crippen LogP contribution in [-0.2, 0) is 9.59 Å². The Morgan fingerprint density at radius 3 is 2.15 bits per heavy atom. The molecule has 0 saturated heterocycles. The monoisotopic (exact) mass is 282 g/mol. The summed E-state index contributed by atoms with van der Waals surface area (Å²) in [5.74, 6) is 0.739. The summed E-state index contributed by atoms with van der Waals surface area (Å²) in [5, 5.41) is 13.5. The zero-order valence-electron chi connectivity index (χ0n) is 11.6. The van der Waals surface area contributed by atoms with E-state index in [0.29, 0.717) is 12.5 Å². The molecule has 2 saturated carbocycles. The molecule has 0 atom stereocenters. The van der Waals surface area contributed by atoms with Gasteiger partial charge in [-0.15, -0.1) is 0 Å². The van der Waals surface area contributed by atoms with Crippen molar-refractivity contribution < 1.29 is 19.5 Å². The Hall–Kier alpha value is -1.59. The van der Waals surface area contributed by atoms with Crippen LogP contribution in [0.25, 0.3) is 0 Å². The van der Waals surface area contributed by atoms with Gasteiger partial charge in [-0.25, -0.2) is 4.79 Å². The largest absolute Gasteiger partial charge is 0.481 e. The summed E-state index contributed by atoms with van der Waals surface area (Å²) in [6, 6.07) is -0.461. The third-order valence-corrected chi connectivity index (χ3v) is 4.00. The second-order valence-electron chi connectivity index (χ2n) is 5.84. The molecule has 0 radical (unpaired) electrons. The predicted molar refractivity (Wildman–Crippen MR) is 72.0 cm³/mol. The van der Waals surface area contributed by atoms with Crippen LogP contribution in [0, 0.1) is 17.8 Å². The molecule has 2 aliphatic carbocycles. The average molecular weight is 282 g/mol. The smallest absolute Gasteiger partial charge is 0.321 e. The fraction of sp³-hybridized carbons (Fsp3) is 0.786. The van der Waals surface area contributed by atoms with Crippen LogP contribution in [0.5, 0.6) is 0 Å². The van der Waals surface area contributed by atoms with Crippen LogP contribution in [0.3, 0.4) is 0 Å². The molecule has 2 aliphatic rings. The average Bonchev–Trinajstić information content (AvgIpc) is 3.23. The third-order valence-electron chi connectivity index (χ3n) is 4.00. The van der Waals surface area contributed by atoms with Gasteiger partial charge in [0.15, 0.2) is 0 Å². The van der Waals surface area contributed by atoms with Gasteiger partial charge >= 0.3 is 12.0 Å². The topological polar surface area (TPSA) is 95.5 Å². The van der Waals surface area contributed by atoms with E-state index in [4.69, 9.17) is 5.11 Å². The first kappa shape index (κ1) is 14.8. The number of hydrogen-bond donors (Lipinski definition) is 3. The Bertz CT molecular complexity index is 377. The van der Waals surface area contributed by atoms with Crippen molar-refractivity contribution in [1.29, 1.82) is 0 Å². The first-order valence-electron chi connectivity index (χ1n) is 7.35. The van der Waals surface area contributed by atoms with E-state index in [2.05, 4.69) is 10.6 Å². The molecule has 2 fully saturated rings. The van der Waals surface area contributed by atoms with Crippen LogP contribution in [0.1, 0.15) is 44.9 Å². The van der Waals surface area contributed by atoms with Crippen LogP contribution in [0.15, 0.2) is 0 Å². The van der Waals surface area contributed by atoms with Gasteiger partial charge in [0, 0.05) is 19.4 Å². The summed E-state index contributed by atoms with van der Waals surface area (Å²) < 4.78 is 0. The molecule has 20 heavy (non-hydrogen) atoms. The zero-order valence-corrected chi connectivity index (χ0v) is 11.6. The lowest BCUT2D eigenvalue weighted by Crippen LogP contribution is -2.42. The molecule has 6 heteroatoms. The van der Waals surface area contributed by atoms with Gasteiger partial charge in [-0.2, -0.15) is 0 Å². The number of carboxylic acids is 1. The zero-order chi connectivity index (χ0) is 14.5. The van der Waals surface area contributed by atoms with Crippen molar-refractivity contribution >= 4 is 17.9 Å². The number of carbonyl (C=O) groups excluding carboxylic acids is 2. The summed E-state index contributed by atoms with van der Waals surface area (Å²) in [4.78, 5) is 33.3. The van der Waals surface area contributed by atoms with Gasteiger partial charge in [0.25, 0.3) is 0 Å². The fourth-order valence-corrected chi connectivity index (χ4v) is 2.61. The Balaban J connectivity index is 1.59. The molecule has 0 aliphatic heterocycles. The van der Waals surface area contributed by atoms with Gasteiger partial charge in [-0.1, -0.05) is 0 Å². The molecule has 0 unspecified atom stereocenters. The van der Waals surface area contributed by atoms with Crippen LogP contribution >= 0.6 is 0 Å². The maximum absolute atomic E-state index is 11.6. The van der Waals surface area contributed by atoms with Crippen molar-refractivity contribution in [2.45, 2.75) is 44.9 Å². The minimum atomic E-state index is -0.932. The number of aliphatic carboxylic acids is 1. The summed E-state index contributed by atoms with van der Waals surface area (Å²) in [6.45, 7) is 0.642. The highest BCUT2D eigenvalue weighted by Gasteiger charge is 2.41. The van der Waals surface area contributed by atoms with Crippen molar-refractivity contribution in [3.05, 3.63) is 0 Å². The van der Waals surface area contributed by atoms with E-state index in [-0.39, 0.29) is 19.3 Å². The quantitative estimate of drug-likeness (QED) is 0.628. The Kier molecular flexibility index (Phi) is 4.98. The SMILES string of the molecule is O=C(O)CCCC(=O)NC(=O)NCC(C1CC1)C1CC1. The van der Waals surface area contributed by atoms with Crippen molar-refractivity contribution in [1.82, 2.24) is 10.6 Å². The molecule has 0 aromatic carbocycles. The molecule has 3 amide bonds. The molecule has 0 aromatic heterocycles. The number of imide groups is 1. The minimum absolute atomic E-state index is 0.0551. The summed E-state index contributed by atoms with van der Waals surface area (Å²) in [5.41, 5.74) is 0. The van der Waals surface area contributed by atoms with Gasteiger partial charge in [0.1, 0.15) is 0 Å². The van der Waals surface area contributed by atoms with Gasteiger partial charge in [-0.3, -0.25) is 14.9 Å². The number of amides is 3. The standard InChI is InChI=1S/C14H22N2O4/c17-12(2-1-3-13(18)19)16-14(20)15-8-11(9-4-5-9)10-6-7-10/h9-11H,1-8H2,(H,18,19)(H2,15,16,17,20). The van der Waals surface area contributed by atoms with Crippen molar-refractivity contribution in [2.75, 3.05) is 6.54 Å². The Labute approximate surface area is 118 Å². The van der Waals surface area contributed by atoms with Gasteiger partial charge in [0.05, 0.1) is 0 Å². The third kappa shape index (κ3) is 5.19. The van der Waals surface area contributed by atoms with Crippen LogP contribution < -0.4 is 10.6 Å². The maximum Gasteiger partial charge on any atom is 0.321 e. The van der Waals surface area contributed by atoms with Crippen molar-refractivity contribution in [3.8, 4) is 0 Å². The molecule has 2 rings (SSSR count). The molecule has 112 valence electrons. The molecular weight excluding hydrogens is 260 g/mol. The summed E-state index contributed by atoms with van der Waals surface area (Å²) in [7, 11) is 0. The van der Waals surface area contributed by atoms with Crippen molar-refractivity contribution in [3.63, 3.8) is 0 Å². The first-order valence-corrected chi connectivity index (χ1v) is 7.35. The molecule has 3 N–H and O–H groups in total. The number of urea groups is 1. The lowest BCUT2D eigenvalue weighted by molar-refractivity contribution is -0.137. The van der Waals surface area contributed by atoms with E-state index < -0.39 is 17.9 Å². The summed E-state index contributed by atoms with van der Waals surface area (Å²) >= 11 is 0. The van der Waals surface area contributed by atoms with Gasteiger partial charge < -0.3 is 10.4 Å². The number of hydrogen-bond acceptors (Lipinski definition) is 3. The Morgan fingerprint density at radius 1 is 1.05 bits per heavy atom. The maximum atomic E-state index is 11.6. The molecule has 0 bridgehead atoms.